The Kier molecular flexibility index (Phi) is 2.32. The summed E-state index contributed by atoms with van der Waals surface area (Å²) in [5.41, 5.74) is 0. The molecule has 1 heterocycles. The van der Waals surface area contributed by atoms with Gasteiger partial charge in [-0.05, 0) is 0 Å². The van der Waals surface area contributed by atoms with Crippen molar-refractivity contribution in [3.8, 4) is 6.07 Å². The summed E-state index contributed by atoms with van der Waals surface area (Å²) >= 11 is 0. The van der Waals surface area contributed by atoms with Crippen LogP contribution in [0.15, 0.2) is 0 Å². The maximum atomic E-state index is 9.14. The first-order valence-corrected chi connectivity index (χ1v) is 3.33. The number of nitrogens with zero attached hydrogens (tertiary/aromatic N) is 1. The zero-order chi connectivity index (χ0) is 9.35. The van der Waals surface area contributed by atoms with Crippen LogP contribution in [0.3, 0.4) is 0 Å². The molecular formula is C6H9NO5. The van der Waals surface area contributed by atoms with Crippen LogP contribution in [-0.4, -0.2) is 51.1 Å². The summed E-state index contributed by atoms with van der Waals surface area (Å²) in [4.78, 5) is 0. The van der Waals surface area contributed by atoms with Crippen LogP contribution in [0.2, 0.25) is 0 Å². The molecule has 68 valence electrons. The van der Waals surface area contributed by atoms with Crippen molar-refractivity contribution in [2.24, 2.45) is 0 Å². The fourth-order valence-corrected chi connectivity index (χ4v) is 1.04. The number of hydrogen-bond acceptors (Lipinski definition) is 6. The van der Waals surface area contributed by atoms with Gasteiger partial charge in [-0.3, -0.25) is 0 Å². The zero-order valence-corrected chi connectivity index (χ0v) is 6.08. The van der Waals surface area contributed by atoms with Crippen LogP contribution in [0.25, 0.3) is 0 Å². The van der Waals surface area contributed by atoms with Gasteiger partial charge in [-0.25, -0.2) is 0 Å². The highest BCUT2D eigenvalue weighted by Gasteiger charge is 2.53. The standard InChI is InChI=1S/C6H9NO5/c7-2-6(11)5(10)4(9)3(1-8)12-6/h3-5,8-11H,1H2/t3-,4-,5+,6-/m1/s1. The van der Waals surface area contributed by atoms with Gasteiger partial charge in [-0.1, -0.05) is 0 Å². The molecule has 0 unspecified atom stereocenters. The number of hydrogen-bond donors (Lipinski definition) is 4. The van der Waals surface area contributed by atoms with Crippen LogP contribution in [0, 0.1) is 11.3 Å². The Bertz CT molecular complexity index is 214. The van der Waals surface area contributed by atoms with Gasteiger partial charge in [-0.2, -0.15) is 5.26 Å². The summed E-state index contributed by atoms with van der Waals surface area (Å²) in [7, 11) is 0. The van der Waals surface area contributed by atoms with E-state index in [0.717, 1.165) is 0 Å². The summed E-state index contributed by atoms with van der Waals surface area (Å²) < 4.78 is 4.52. The van der Waals surface area contributed by atoms with Crippen molar-refractivity contribution in [3.63, 3.8) is 0 Å². The van der Waals surface area contributed by atoms with E-state index < -0.39 is 30.7 Å². The maximum Gasteiger partial charge on any atom is 0.286 e. The molecule has 1 fully saturated rings. The fraction of sp³-hybridized carbons (Fsp3) is 0.833. The first kappa shape index (κ1) is 9.38. The summed E-state index contributed by atoms with van der Waals surface area (Å²) in [6.07, 6.45) is -4.27. The van der Waals surface area contributed by atoms with E-state index in [2.05, 4.69) is 4.74 Å². The van der Waals surface area contributed by atoms with E-state index in [1.807, 2.05) is 0 Å². The quantitative estimate of drug-likeness (QED) is 0.323. The molecule has 4 atom stereocenters. The van der Waals surface area contributed by atoms with Gasteiger partial charge in [0.1, 0.15) is 18.3 Å². The van der Waals surface area contributed by atoms with Gasteiger partial charge in [0.2, 0.25) is 0 Å². The molecule has 0 saturated carbocycles. The van der Waals surface area contributed by atoms with E-state index in [0.29, 0.717) is 0 Å². The third-order valence-corrected chi connectivity index (χ3v) is 1.78. The lowest BCUT2D eigenvalue weighted by atomic mass is 10.1. The molecule has 0 aromatic rings. The average Bonchev–Trinajstić information content (AvgIpc) is 2.31. The Morgan fingerprint density at radius 2 is 2.08 bits per heavy atom. The van der Waals surface area contributed by atoms with Crippen molar-refractivity contribution in [2.45, 2.75) is 24.1 Å². The van der Waals surface area contributed by atoms with Crippen molar-refractivity contribution >= 4 is 0 Å². The minimum atomic E-state index is -2.41. The Hall–Kier alpha value is -0.710. The third-order valence-electron chi connectivity index (χ3n) is 1.78. The minimum absolute atomic E-state index is 0.567. The molecule has 1 aliphatic heterocycles. The summed E-state index contributed by atoms with van der Waals surface area (Å²) in [5.74, 6) is -2.41. The first-order chi connectivity index (χ1) is 5.55. The lowest BCUT2D eigenvalue weighted by Crippen LogP contribution is -2.41. The van der Waals surface area contributed by atoms with E-state index in [4.69, 9.17) is 25.7 Å². The third kappa shape index (κ3) is 1.18. The molecule has 0 aromatic heterocycles. The highest BCUT2D eigenvalue weighted by molar-refractivity contribution is 5.07. The molecule has 1 saturated heterocycles. The second-order valence-corrected chi connectivity index (χ2v) is 2.58. The van der Waals surface area contributed by atoms with E-state index in [1.54, 1.807) is 0 Å². The Labute approximate surface area is 68.2 Å². The molecule has 0 amide bonds. The topological polar surface area (TPSA) is 114 Å². The molecule has 6 heteroatoms. The number of ether oxygens (including phenoxy) is 1. The lowest BCUT2D eigenvalue weighted by molar-refractivity contribution is -0.190. The lowest BCUT2D eigenvalue weighted by Gasteiger charge is -2.16. The number of nitriles is 1. The molecule has 0 radical (unpaired) electrons. The second kappa shape index (κ2) is 2.97. The summed E-state index contributed by atoms with van der Waals surface area (Å²) in [6.45, 7) is -0.567. The van der Waals surface area contributed by atoms with Crippen LogP contribution in [-0.2, 0) is 4.74 Å². The number of rotatable bonds is 1. The highest BCUT2D eigenvalue weighted by Crippen LogP contribution is 2.28. The van der Waals surface area contributed by atoms with Gasteiger partial charge < -0.3 is 25.2 Å². The van der Waals surface area contributed by atoms with Crippen LogP contribution < -0.4 is 0 Å². The second-order valence-electron chi connectivity index (χ2n) is 2.58. The van der Waals surface area contributed by atoms with Crippen molar-refractivity contribution in [2.75, 3.05) is 6.61 Å². The average molecular weight is 175 g/mol. The van der Waals surface area contributed by atoms with Crippen molar-refractivity contribution < 1.29 is 25.2 Å². The van der Waals surface area contributed by atoms with Crippen LogP contribution in [0.1, 0.15) is 0 Å². The van der Waals surface area contributed by atoms with Gasteiger partial charge >= 0.3 is 0 Å². The van der Waals surface area contributed by atoms with E-state index in [-0.39, 0.29) is 0 Å². The van der Waals surface area contributed by atoms with Gasteiger partial charge in [0.05, 0.1) is 6.61 Å². The molecule has 6 nitrogen and oxygen atoms in total. The molecule has 0 aromatic carbocycles. The van der Waals surface area contributed by atoms with E-state index >= 15 is 0 Å². The van der Waals surface area contributed by atoms with Crippen LogP contribution in [0.4, 0.5) is 0 Å². The fourth-order valence-electron chi connectivity index (χ4n) is 1.04. The van der Waals surface area contributed by atoms with Crippen molar-refractivity contribution in [1.29, 1.82) is 5.26 Å². The van der Waals surface area contributed by atoms with Crippen molar-refractivity contribution in [1.82, 2.24) is 0 Å². The minimum Gasteiger partial charge on any atom is -0.394 e. The van der Waals surface area contributed by atoms with Gasteiger partial charge in [-0.15, -0.1) is 0 Å². The van der Waals surface area contributed by atoms with Crippen LogP contribution >= 0.6 is 0 Å². The maximum absolute atomic E-state index is 9.14. The van der Waals surface area contributed by atoms with Crippen LogP contribution in [0.5, 0.6) is 0 Å². The van der Waals surface area contributed by atoms with Gasteiger partial charge in [0, 0.05) is 0 Å². The first-order valence-electron chi connectivity index (χ1n) is 3.33. The molecular weight excluding hydrogens is 166 g/mol. The number of aliphatic hydroxyl groups is 4. The molecule has 0 bridgehead atoms. The van der Waals surface area contributed by atoms with Gasteiger partial charge in [0.15, 0.2) is 6.10 Å². The van der Waals surface area contributed by atoms with E-state index in [1.165, 1.54) is 6.07 Å². The predicted molar refractivity (Wildman–Crippen MR) is 34.5 cm³/mol. The predicted octanol–water partition coefficient (Wildman–Crippen LogP) is -2.69. The molecule has 12 heavy (non-hydrogen) atoms. The number of aliphatic hydroxyl groups excluding tert-OH is 3. The molecule has 0 aliphatic carbocycles. The molecule has 4 N–H and O–H groups in total. The smallest absolute Gasteiger partial charge is 0.286 e. The monoisotopic (exact) mass is 175 g/mol. The zero-order valence-electron chi connectivity index (χ0n) is 6.08. The summed E-state index contributed by atoms with van der Waals surface area (Å²) in [6, 6.07) is 1.30. The normalized spacial score (nSPS) is 47.4. The van der Waals surface area contributed by atoms with Gasteiger partial charge in [0.25, 0.3) is 5.79 Å². The summed E-state index contributed by atoms with van der Waals surface area (Å²) in [5, 5.41) is 44.2. The molecule has 1 aliphatic rings. The Morgan fingerprint density at radius 3 is 2.33 bits per heavy atom. The molecule has 1 rings (SSSR count). The molecule has 0 spiro atoms. The highest BCUT2D eigenvalue weighted by atomic mass is 16.7. The Morgan fingerprint density at radius 1 is 1.50 bits per heavy atom. The van der Waals surface area contributed by atoms with E-state index in [9.17, 15) is 0 Å². The Balaban J connectivity index is 2.81. The van der Waals surface area contributed by atoms with Crippen molar-refractivity contribution in [3.05, 3.63) is 0 Å². The SMILES string of the molecule is N#C[C@@]1(O)O[C@H](CO)[C@@H](O)[C@@H]1O. The largest absolute Gasteiger partial charge is 0.394 e.